The van der Waals surface area contributed by atoms with E-state index in [1.54, 1.807) is 0 Å². The van der Waals surface area contributed by atoms with E-state index in [-0.39, 0.29) is 11.9 Å². The van der Waals surface area contributed by atoms with Crippen LogP contribution in [-0.4, -0.2) is 16.8 Å². The minimum absolute atomic E-state index is 0.190. The molecule has 0 saturated heterocycles. The van der Waals surface area contributed by atoms with Gasteiger partial charge in [0, 0.05) is 5.38 Å². The molecule has 1 heterocycles. The number of nitrogens with two attached hydrogens (primary N) is 1. The Morgan fingerprint density at radius 1 is 1.59 bits per heavy atom. The van der Waals surface area contributed by atoms with E-state index < -0.39 is 11.3 Å². The summed E-state index contributed by atoms with van der Waals surface area (Å²) in [7, 11) is 0. The van der Waals surface area contributed by atoms with Gasteiger partial charge in [-0.05, 0) is 26.7 Å². The standard InChI is InChI=1S/C11H15N3O2S/c1-6(8-5-17-7(2)14-8)13-10(16)11(3-4-11)9(12)15/h5-6H,3-4H2,1-2H3,(H2,12,15)(H,13,16)/t6-/m0/s1. The second-order valence-electron chi connectivity index (χ2n) is 4.43. The zero-order chi connectivity index (χ0) is 12.6. The molecule has 2 amide bonds. The number of thiazole rings is 1. The highest BCUT2D eigenvalue weighted by atomic mass is 32.1. The molecule has 6 heteroatoms. The van der Waals surface area contributed by atoms with E-state index in [1.807, 2.05) is 19.2 Å². The predicted molar refractivity (Wildman–Crippen MR) is 64.3 cm³/mol. The molecule has 5 nitrogen and oxygen atoms in total. The third-order valence-corrected chi connectivity index (χ3v) is 3.88. The van der Waals surface area contributed by atoms with Gasteiger partial charge in [-0.15, -0.1) is 11.3 Å². The second kappa shape index (κ2) is 4.10. The van der Waals surface area contributed by atoms with E-state index in [0.717, 1.165) is 10.7 Å². The maximum atomic E-state index is 11.9. The lowest BCUT2D eigenvalue weighted by Gasteiger charge is -2.16. The van der Waals surface area contributed by atoms with Crippen molar-refractivity contribution in [3.05, 3.63) is 16.1 Å². The largest absolute Gasteiger partial charge is 0.369 e. The Labute approximate surface area is 103 Å². The fourth-order valence-corrected chi connectivity index (χ4v) is 2.40. The van der Waals surface area contributed by atoms with Gasteiger partial charge >= 0.3 is 0 Å². The molecule has 1 saturated carbocycles. The summed E-state index contributed by atoms with van der Waals surface area (Å²) in [6, 6.07) is -0.190. The van der Waals surface area contributed by atoms with Crippen LogP contribution < -0.4 is 11.1 Å². The molecule has 1 aromatic heterocycles. The SMILES string of the molecule is Cc1nc([C@H](C)NC(=O)C2(C(N)=O)CC2)cs1. The molecule has 0 bridgehead atoms. The van der Waals surface area contributed by atoms with E-state index >= 15 is 0 Å². The van der Waals surface area contributed by atoms with E-state index in [0.29, 0.717) is 12.8 Å². The normalized spacial score (nSPS) is 18.5. The average molecular weight is 253 g/mol. The molecule has 3 N–H and O–H groups in total. The van der Waals surface area contributed by atoms with Gasteiger partial charge in [-0.2, -0.15) is 0 Å². The molecule has 1 fully saturated rings. The fourth-order valence-electron chi connectivity index (χ4n) is 1.70. The molecular formula is C11H15N3O2S. The van der Waals surface area contributed by atoms with Crippen LogP contribution in [0, 0.1) is 12.3 Å². The number of nitrogens with zero attached hydrogens (tertiary/aromatic N) is 1. The smallest absolute Gasteiger partial charge is 0.236 e. The van der Waals surface area contributed by atoms with Crippen LogP contribution in [0.3, 0.4) is 0 Å². The zero-order valence-electron chi connectivity index (χ0n) is 9.82. The number of nitrogens with one attached hydrogen (secondary N) is 1. The lowest BCUT2D eigenvalue weighted by Crippen LogP contribution is -2.41. The lowest BCUT2D eigenvalue weighted by atomic mass is 10.1. The van der Waals surface area contributed by atoms with Gasteiger partial charge in [0.25, 0.3) is 0 Å². The van der Waals surface area contributed by atoms with E-state index in [2.05, 4.69) is 10.3 Å². The first-order valence-electron chi connectivity index (χ1n) is 5.48. The van der Waals surface area contributed by atoms with Gasteiger partial charge in [-0.3, -0.25) is 9.59 Å². The Kier molecular flexibility index (Phi) is 2.91. The minimum Gasteiger partial charge on any atom is -0.369 e. The van der Waals surface area contributed by atoms with Crippen molar-refractivity contribution < 1.29 is 9.59 Å². The number of aromatic nitrogens is 1. The van der Waals surface area contributed by atoms with Gasteiger partial charge in [0.2, 0.25) is 11.8 Å². The molecule has 0 aliphatic heterocycles. The summed E-state index contributed by atoms with van der Waals surface area (Å²) in [6.07, 6.45) is 1.11. The first-order valence-corrected chi connectivity index (χ1v) is 6.36. The Hall–Kier alpha value is -1.43. The summed E-state index contributed by atoms with van der Waals surface area (Å²) < 4.78 is 0. The Bertz CT molecular complexity index is 465. The molecular weight excluding hydrogens is 238 g/mol. The zero-order valence-corrected chi connectivity index (χ0v) is 10.6. The molecule has 0 spiro atoms. The monoisotopic (exact) mass is 253 g/mol. The van der Waals surface area contributed by atoms with Crippen LogP contribution in [0.5, 0.6) is 0 Å². The van der Waals surface area contributed by atoms with Crippen molar-refractivity contribution in [2.45, 2.75) is 32.7 Å². The summed E-state index contributed by atoms with van der Waals surface area (Å²) in [6.45, 7) is 3.76. The predicted octanol–water partition coefficient (Wildman–Crippen LogP) is 0.894. The fraction of sp³-hybridized carbons (Fsp3) is 0.545. The quantitative estimate of drug-likeness (QED) is 0.782. The average Bonchev–Trinajstić information content (AvgIpc) is 2.96. The van der Waals surface area contributed by atoms with Gasteiger partial charge in [-0.25, -0.2) is 4.98 Å². The minimum atomic E-state index is -0.959. The van der Waals surface area contributed by atoms with Crippen LogP contribution >= 0.6 is 11.3 Å². The molecule has 1 aliphatic rings. The molecule has 0 radical (unpaired) electrons. The molecule has 0 aromatic carbocycles. The van der Waals surface area contributed by atoms with Crippen molar-refractivity contribution in [2.75, 3.05) is 0 Å². The van der Waals surface area contributed by atoms with E-state index in [1.165, 1.54) is 11.3 Å². The van der Waals surface area contributed by atoms with Crippen LogP contribution in [0.15, 0.2) is 5.38 Å². The molecule has 2 rings (SSSR count). The summed E-state index contributed by atoms with van der Waals surface area (Å²) in [5, 5.41) is 5.66. The summed E-state index contributed by atoms with van der Waals surface area (Å²) >= 11 is 1.54. The van der Waals surface area contributed by atoms with Crippen LogP contribution in [0.4, 0.5) is 0 Å². The van der Waals surface area contributed by atoms with Crippen molar-refractivity contribution in [1.29, 1.82) is 0 Å². The number of hydrogen-bond acceptors (Lipinski definition) is 4. The molecule has 1 atom stereocenters. The molecule has 0 unspecified atom stereocenters. The third kappa shape index (κ3) is 2.17. The molecule has 1 aliphatic carbocycles. The number of rotatable bonds is 4. The van der Waals surface area contributed by atoms with Crippen molar-refractivity contribution in [3.63, 3.8) is 0 Å². The molecule has 17 heavy (non-hydrogen) atoms. The van der Waals surface area contributed by atoms with Gasteiger partial charge in [-0.1, -0.05) is 0 Å². The maximum Gasteiger partial charge on any atom is 0.236 e. The van der Waals surface area contributed by atoms with Crippen molar-refractivity contribution >= 4 is 23.2 Å². The van der Waals surface area contributed by atoms with Crippen molar-refractivity contribution in [3.8, 4) is 0 Å². The Balaban J connectivity index is 2.02. The van der Waals surface area contributed by atoms with E-state index in [4.69, 9.17) is 5.73 Å². The highest BCUT2D eigenvalue weighted by molar-refractivity contribution is 7.09. The van der Waals surface area contributed by atoms with Gasteiger partial charge < -0.3 is 11.1 Å². The van der Waals surface area contributed by atoms with Gasteiger partial charge in [0.15, 0.2) is 0 Å². The first-order chi connectivity index (χ1) is 7.95. The molecule has 1 aromatic rings. The van der Waals surface area contributed by atoms with Gasteiger partial charge in [0.1, 0.15) is 5.41 Å². The summed E-state index contributed by atoms with van der Waals surface area (Å²) in [5.41, 5.74) is 5.10. The molecule has 92 valence electrons. The van der Waals surface area contributed by atoms with Crippen molar-refractivity contribution in [2.24, 2.45) is 11.1 Å². The number of primary amides is 1. The number of hydrogen-bond donors (Lipinski definition) is 2. The van der Waals surface area contributed by atoms with Crippen LogP contribution in [-0.2, 0) is 9.59 Å². The van der Waals surface area contributed by atoms with Gasteiger partial charge in [0.05, 0.1) is 16.7 Å². The third-order valence-electron chi connectivity index (χ3n) is 3.08. The van der Waals surface area contributed by atoms with Crippen LogP contribution in [0.25, 0.3) is 0 Å². The number of aryl methyl sites for hydroxylation is 1. The maximum absolute atomic E-state index is 11.9. The van der Waals surface area contributed by atoms with Crippen LogP contribution in [0.2, 0.25) is 0 Å². The Morgan fingerprint density at radius 2 is 2.24 bits per heavy atom. The first kappa shape index (κ1) is 12.0. The lowest BCUT2D eigenvalue weighted by molar-refractivity contribution is -0.135. The van der Waals surface area contributed by atoms with Crippen molar-refractivity contribution in [1.82, 2.24) is 10.3 Å². The highest BCUT2D eigenvalue weighted by Crippen LogP contribution is 2.45. The van der Waals surface area contributed by atoms with E-state index in [9.17, 15) is 9.59 Å². The second-order valence-corrected chi connectivity index (χ2v) is 5.50. The Morgan fingerprint density at radius 3 is 2.65 bits per heavy atom. The summed E-state index contributed by atoms with van der Waals surface area (Å²) in [5.74, 6) is -0.806. The number of carbonyl (C=O) groups is 2. The number of carbonyl (C=O) groups excluding carboxylic acids is 2. The topological polar surface area (TPSA) is 85.1 Å². The highest BCUT2D eigenvalue weighted by Gasteiger charge is 2.55. The van der Waals surface area contributed by atoms with Crippen LogP contribution in [0.1, 0.15) is 36.5 Å². The summed E-state index contributed by atoms with van der Waals surface area (Å²) in [4.78, 5) is 27.4. The number of amides is 2.